The van der Waals surface area contributed by atoms with Crippen LogP contribution in [0.25, 0.3) is 0 Å². The van der Waals surface area contributed by atoms with E-state index < -0.39 is 54.5 Å². The van der Waals surface area contributed by atoms with Crippen molar-refractivity contribution in [1.29, 1.82) is 0 Å². The third-order valence-corrected chi connectivity index (χ3v) is 6.88. The number of alkyl halides is 3. The summed E-state index contributed by atoms with van der Waals surface area (Å²) in [5.74, 6) is -1.81. The van der Waals surface area contributed by atoms with Gasteiger partial charge in [0.25, 0.3) is 0 Å². The molecule has 0 bridgehead atoms. The Morgan fingerprint density at radius 1 is 1.02 bits per heavy atom. The number of hydrogen-bond donors (Lipinski definition) is 3. The molecule has 2 fully saturated rings. The number of hydrogen-bond acceptors (Lipinski definition) is 5. The van der Waals surface area contributed by atoms with Crippen LogP contribution >= 0.6 is 0 Å². The minimum Gasteiger partial charge on any atom is -0.444 e. The number of alkyl carbamates (subject to hydrolysis) is 1. The second-order valence-electron chi connectivity index (χ2n) is 12.1. The molecule has 40 heavy (non-hydrogen) atoms. The maximum Gasteiger partial charge on any atom is 0.408 e. The molecule has 1 unspecified atom stereocenters. The van der Waals surface area contributed by atoms with Gasteiger partial charge in [-0.3, -0.25) is 9.59 Å². The number of anilines is 1. The zero-order valence-corrected chi connectivity index (χ0v) is 23.7. The highest BCUT2D eigenvalue weighted by molar-refractivity contribution is 5.97. The minimum absolute atomic E-state index is 0.0969. The van der Waals surface area contributed by atoms with Crippen molar-refractivity contribution in [1.82, 2.24) is 15.5 Å². The largest absolute Gasteiger partial charge is 0.444 e. The first-order chi connectivity index (χ1) is 18.5. The van der Waals surface area contributed by atoms with Gasteiger partial charge in [0.05, 0.1) is 12.1 Å². The second-order valence-corrected chi connectivity index (χ2v) is 12.1. The molecular weight excluding hydrogens is 532 g/mol. The van der Waals surface area contributed by atoms with Crippen molar-refractivity contribution < 1.29 is 36.7 Å². The van der Waals surface area contributed by atoms with E-state index in [4.69, 9.17) is 4.74 Å². The number of halogens is 4. The van der Waals surface area contributed by atoms with Gasteiger partial charge >= 0.3 is 12.3 Å². The Hall–Kier alpha value is -2.89. The van der Waals surface area contributed by atoms with Gasteiger partial charge in [-0.2, -0.15) is 13.2 Å². The molecule has 2 aliphatic carbocycles. The van der Waals surface area contributed by atoms with Crippen LogP contribution < -0.4 is 16.0 Å². The zero-order valence-electron chi connectivity index (χ0n) is 23.7. The van der Waals surface area contributed by atoms with Crippen LogP contribution in [0.15, 0.2) is 12.1 Å². The molecule has 1 aromatic rings. The highest BCUT2D eigenvalue weighted by atomic mass is 19.4. The summed E-state index contributed by atoms with van der Waals surface area (Å²) in [6.45, 7) is 4.19. The Morgan fingerprint density at radius 2 is 1.62 bits per heavy atom. The Bertz CT molecular complexity index is 1070. The van der Waals surface area contributed by atoms with Gasteiger partial charge in [0.2, 0.25) is 11.8 Å². The fraction of sp³-hybridized carbons (Fsp3) is 0.679. The number of amides is 3. The maximum absolute atomic E-state index is 15.3. The van der Waals surface area contributed by atoms with Crippen LogP contribution in [0.5, 0.6) is 0 Å². The summed E-state index contributed by atoms with van der Waals surface area (Å²) < 4.78 is 58.2. The van der Waals surface area contributed by atoms with E-state index in [1.807, 2.05) is 19.0 Å². The van der Waals surface area contributed by atoms with Crippen LogP contribution in [-0.4, -0.2) is 67.8 Å². The number of carbonyl (C=O) groups excluding carboxylic acids is 3. The molecular formula is C28H40F4N4O4. The lowest BCUT2D eigenvalue weighted by Crippen LogP contribution is -2.51. The molecule has 0 radical (unpaired) electrons. The Balaban J connectivity index is 1.83. The molecule has 0 saturated heterocycles. The van der Waals surface area contributed by atoms with Gasteiger partial charge in [0.15, 0.2) is 0 Å². The van der Waals surface area contributed by atoms with E-state index in [1.54, 1.807) is 26.1 Å². The standard InChI is InChI=1S/C28H40F4N4O4/c1-27(2,3)40-26(39)35-24(23(16-6-7-16)17-8-9-17)25(38)34-21-13-18(10-11-36(4)5)19(12-20(21)29)14-22(37)33-15-28(30,31)32/h12-13,16-17,23-24H,6-11,14-15H2,1-5H3,(H,33,37)(H,34,38)(H,35,39). The van der Waals surface area contributed by atoms with Crippen molar-refractivity contribution in [2.45, 2.75) is 77.1 Å². The van der Waals surface area contributed by atoms with E-state index in [0.29, 0.717) is 18.5 Å². The van der Waals surface area contributed by atoms with Gasteiger partial charge in [-0.1, -0.05) is 0 Å². The van der Waals surface area contributed by atoms with Crippen molar-refractivity contribution in [3.8, 4) is 0 Å². The number of carbonyl (C=O) groups is 3. The average Bonchev–Trinajstić information content (AvgIpc) is 3.71. The normalized spacial score (nSPS) is 16.6. The molecule has 3 amide bonds. The number of ether oxygens (including phenoxy) is 1. The van der Waals surface area contributed by atoms with Crippen molar-refractivity contribution in [3.05, 3.63) is 29.1 Å². The first-order valence-corrected chi connectivity index (χ1v) is 13.6. The lowest BCUT2D eigenvalue weighted by atomic mass is 9.88. The Labute approximate surface area is 232 Å². The van der Waals surface area contributed by atoms with Crippen LogP contribution in [0.3, 0.4) is 0 Å². The van der Waals surface area contributed by atoms with Gasteiger partial charge in [0.1, 0.15) is 24.0 Å². The van der Waals surface area contributed by atoms with E-state index in [1.165, 1.54) is 6.07 Å². The van der Waals surface area contributed by atoms with E-state index >= 15 is 4.39 Å². The van der Waals surface area contributed by atoms with Crippen molar-refractivity contribution in [2.24, 2.45) is 17.8 Å². The van der Waals surface area contributed by atoms with E-state index in [-0.39, 0.29) is 29.0 Å². The smallest absolute Gasteiger partial charge is 0.408 e. The summed E-state index contributed by atoms with van der Waals surface area (Å²) in [4.78, 5) is 40.2. The molecule has 0 aliphatic heterocycles. The number of nitrogens with zero attached hydrogens (tertiary/aromatic N) is 1. The summed E-state index contributed by atoms with van der Waals surface area (Å²) in [6, 6.07) is 1.56. The summed E-state index contributed by atoms with van der Waals surface area (Å²) in [5.41, 5.74) is -0.144. The average molecular weight is 573 g/mol. The SMILES string of the molecule is CN(C)CCc1cc(NC(=O)C(NC(=O)OC(C)(C)C)C(C2CC2)C2CC2)c(F)cc1CC(=O)NCC(F)(F)F. The first-order valence-electron chi connectivity index (χ1n) is 13.6. The number of nitrogens with one attached hydrogen (secondary N) is 3. The van der Waals surface area contributed by atoms with Gasteiger partial charge in [-0.15, -0.1) is 0 Å². The fourth-order valence-electron chi connectivity index (χ4n) is 4.80. The van der Waals surface area contributed by atoms with Gasteiger partial charge < -0.3 is 25.6 Å². The minimum atomic E-state index is -4.56. The summed E-state index contributed by atoms with van der Waals surface area (Å²) in [5, 5.41) is 7.16. The van der Waals surface area contributed by atoms with Crippen LogP contribution in [0, 0.1) is 23.6 Å². The molecule has 3 N–H and O–H groups in total. The maximum atomic E-state index is 15.3. The van der Waals surface area contributed by atoms with E-state index in [9.17, 15) is 27.6 Å². The van der Waals surface area contributed by atoms with Gasteiger partial charge in [0, 0.05) is 6.54 Å². The molecule has 0 heterocycles. The van der Waals surface area contributed by atoms with E-state index in [0.717, 1.165) is 31.7 Å². The van der Waals surface area contributed by atoms with Crippen molar-refractivity contribution in [3.63, 3.8) is 0 Å². The highest BCUT2D eigenvalue weighted by Crippen LogP contribution is 2.51. The number of rotatable bonds is 12. The molecule has 2 aliphatic rings. The van der Waals surface area contributed by atoms with E-state index in [2.05, 4.69) is 10.6 Å². The third kappa shape index (κ3) is 10.3. The summed E-state index contributed by atoms with van der Waals surface area (Å²) in [7, 11) is 3.65. The molecule has 2 saturated carbocycles. The monoisotopic (exact) mass is 572 g/mol. The number of benzene rings is 1. The van der Waals surface area contributed by atoms with Crippen LogP contribution in [0.1, 0.15) is 57.6 Å². The lowest BCUT2D eigenvalue weighted by Gasteiger charge is -2.29. The van der Waals surface area contributed by atoms with Gasteiger partial charge in [-0.25, -0.2) is 9.18 Å². The lowest BCUT2D eigenvalue weighted by molar-refractivity contribution is -0.138. The van der Waals surface area contributed by atoms with Gasteiger partial charge in [-0.05, 0) is 108 Å². The first kappa shape index (κ1) is 31.6. The Kier molecular flexibility index (Phi) is 10.1. The van der Waals surface area contributed by atoms with Crippen LogP contribution in [0.4, 0.5) is 28.0 Å². The van der Waals surface area contributed by atoms with Crippen LogP contribution in [0.2, 0.25) is 0 Å². The molecule has 0 aromatic heterocycles. The Morgan fingerprint density at radius 3 is 2.12 bits per heavy atom. The number of likely N-dealkylation sites (N-methyl/N-ethyl adjacent to an activating group) is 1. The molecule has 0 spiro atoms. The molecule has 8 nitrogen and oxygen atoms in total. The fourth-order valence-corrected chi connectivity index (χ4v) is 4.80. The molecule has 224 valence electrons. The highest BCUT2D eigenvalue weighted by Gasteiger charge is 2.48. The zero-order chi connectivity index (χ0) is 29.8. The third-order valence-electron chi connectivity index (χ3n) is 6.88. The predicted octanol–water partition coefficient (Wildman–Crippen LogP) is 4.42. The molecule has 1 aromatic carbocycles. The van der Waals surface area contributed by atoms with Crippen molar-refractivity contribution >= 4 is 23.6 Å². The van der Waals surface area contributed by atoms with Crippen LogP contribution in [-0.2, 0) is 27.2 Å². The topological polar surface area (TPSA) is 99.8 Å². The molecule has 12 heteroatoms. The second kappa shape index (κ2) is 12.7. The summed E-state index contributed by atoms with van der Waals surface area (Å²) >= 11 is 0. The summed E-state index contributed by atoms with van der Waals surface area (Å²) in [6.07, 6.45) is -1.56. The molecule has 1 atom stereocenters. The predicted molar refractivity (Wildman–Crippen MR) is 142 cm³/mol. The quantitative estimate of drug-likeness (QED) is 0.322. The van der Waals surface area contributed by atoms with Crippen molar-refractivity contribution in [2.75, 3.05) is 32.5 Å². The molecule has 3 rings (SSSR count).